The molecule has 0 atom stereocenters. The summed E-state index contributed by atoms with van der Waals surface area (Å²) in [5, 5.41) is 0. The van der Waals surface area contributed by atoms with Gasteiger partial charge in [0, 0.05) is 22.8 Å². The summed E-state index contributed by atoms with van der Waals surface area (Å²) in [6.07, 6.45) is 2.73. The van der Waals surface area contributed by atoms with E-state index in [-0.39, 0.29) is 5.78 Å². The predicted molar refractivity (Wildman–Crippen MR) is 78.6 cm³/mol. The summed E-state index contributed by atoms with van der Waals surface area (Å²) in [4.78, 5) is 18.7. The highest BCUT2D eigenvalue weighted by molar-refractivity contribution is 9.10. The number of ketones is 1. The molecule has 3 rings (SSSR count). The zero-order valence-electron chi connectivity index (χ0n) is 10.3. The molecule has 0 aliphatic carbocycles. The summed E-state index contributed by atoms with van der Waals surface area (Å²) in [6.45, 7) is 1.25. The number of Topliss-reactive ketones (excluding diaryl/α,β-unsaturated/α-hetero) is 1. The second kappa shape index (κ2) is 5.13. The van der Waals surface area contributed by atoms with Crippen LogP contribution < -0.4 is 4.90 Å². The molecule has 0 fully saturated rings. The molecule has 2 aromatic rings. The molecule has 0 spiro atoms. The van der Waals surface area contributed by atoms with Gasteiger partial charge in [0.1, 0.15) is 5.82 Å². The van der Waals surface area contributed by atoms with E-state index < -0.39 is 0 Å². The molecule has 2 heterocycles. The number of hydrogen-bond acceptors (Lipinski definition) is 3. The molecular weight excluding hydrogens is 304 g/mol. The minimum absolute atomic E-state index is 0.137. The number of pyridine rings is 1. The summed E-state index contributed by atoms with van der Waals surface area (Å²) >= 11 is 3.42. The van der Waals surface area contributed by atoms with Crippen LogP contribution in [0.5, 0.6) is 0 Å². The Bertz CT molecular complexity index is 613. The van der Waals surface area contributed by atoms with Crippen LogP contribution in [0.2, 0.25) is 0 Å². The molecule has 4 heteroatoms. The number of fused-ring (bicyclic) bond motifs is 1. The van der Waals surface area contributed by atoms with Crippen molar-refractivity contribution in [3.05, 3.63) is 58.2 Å². The summed E-state index contributed by atoms with van der Waals surface area (Å²) < 4.78 is 0.988. The van der Waals surface area contributed by atoms with Crippen LogP contribution in [0.3, 0.4) is 0 Å². The van der Waals surface area contributed by atoms with Crippen molar-refractivity contribution in [2.24, 2.45) is 0 Å². The van der Waals surface area contributed by atoms with E-state index in [1.54, 1.807) is 6.20 Å². The molecule has 0 N–H and O–H groups in total. The molecule has 1 aliphatic heterocycles. The van der Waals surface area contributed by atoms with Crippen LogP contribution in [0.25, 0.3) is 0 Å². The fraction of sp³-hybridized carbons (Fsp3) is 0.200. The number of nitrogens with zero attached hydrogens (tertiary/aromatic N) is 2. The number of carbonyl (C=O) groups excluding carboxylic acids is 1. The van der Waals surface area contributed by atoms with Gasteiger partial charge in [-0.2, -0.15) is 0 Å². The topological polar surface area (TPSA) is 33.2 Å². The largest absolute Gasteiger partial charge is 0.348 e. The summed E-state index contributed by atoms with van der Waals surface area (Å²) in [6, 6.07) is 11.5. The molecule has 0 bridgehead atoms. The van der Waals surface area contributed by atoms with Crippen molar-refractivity contribution in [1.29, 1.82) is 0 Å². The van der Waals surface area contributed by atoms with Crippen LogP contribution in [-0.2, 0) is 6.42 Å². The van der Waals surface area contributed by atoms with Gasteiger partial charge in [0.25, 0.3) is 0 Å². The summed E-state index contributed by atoms with van der Waals surface area (Å²) in [5.74, 6) is 1.07. The quantitative estimate of drug-likeness (QED) is 0.816. The van der Waals surface area contributed by atoms with E-state index in [9.17, 15) is 4.79 Å². The molecule has 0 radical (unpaired) electrons. The molecule has 0 saturated heterocycles. The van der Waals surface area contributed by atoms with Crippen LogP contribution in [-0.4, -0.2) is 23.9 Å². The van der Waals surface area contributed by atoms with Gasteiger partial charge in [0.2, 0.25) is 0 Å². The normalized spacial score (nSPS) is 13.4. The van der Waals surface area contributed by atoms with E-state index in [0.717, 1.165) is 28.8 Å². The first kappa shape index (κ1) is 12.4. The van der Waals surface area contributed by atoms with Gasteiger partial charge in [-0.1, -0.05) is 30.3 Å². The van der Waals surface area contributed by atoms with Gasteiger partial charge in [-0.05, 0) is 34.0 Å². The van der Waals surface area contributed by atoms with Crippen molar-refractivity contribution in [3.8, 4) is 0 Å². The number of benzene rings is 1. The van der Waals surface area contributed by atoms with E-state index in [2.05, 4.69) is 31.9 Å². The highest BCUT2D eigenvalue weighted by atomic mass is 79.9. The molecule has 0 amide bonds. The van der Waals surface area contributed by atoms with Crippen molar-refractivity contribution >= 4 is 27.5 Å². The first-order chi connectivity index (χ1) is 9.24. The Morgan fingerprint density at radius 3 is 2.89 bits per heavy atom. The monoisotopic (exact) mass is 316 g/mol. The second-order valence-electron chi connectivity index (χ2n) is 4.60. The lowest BCUT2D eigenvalue weighted by Crippen LogP contribution is -2.28. The second-order valence-corrected chi connectivity index (χ2v) is 5.51. The van der Waals surface area contributed by atoms with Gasteiger partial charge in [0.15, 0.2) is 5.78 Å². The highest BCUT2D eigenvalue weighted by Gasteiger charge is 2.22. The Morgan fingerprint density at radius 2 is 2.11 bits per heavy atom. The lowest BCUT2D eigenvalue weighted by molar-refractivity contribution is 0.0999. The number of anilines is 1. The third-order valence-electron chi connectivity index (χ3n) is 3.29. The van der Waals surface area contributed by atoms with E-state index in [4.69, 9.17) is 0 Å². The molecule has 1 aromatic carbocycles. The van der Waals surface area contributed by atoms with Gasteiger partial charge in [-0.3, -0.25) is 4.79 Å². The van der Waals surface area contributed by atoms with Crippen LogP contribution in [0.4, 0.5) is 5.82 Å². The van der Waals surface area contributed by atoms with Crippen molar-refractivity contribution in [3.63, 3.8) is 0 Å². The SMILES string of the molecule is O=C(CN1CCc2cc(Br)cnc21)c1ccccc1. The number of halogens is 1. The molecular formula is C15H13BrN2O. The number of carbonyl (C=O) groups is 1. The minimum Gasteiger partial charge on any atom is -0.348 e. The van der Waals surface area contributed by atoms with Gasteiger partial charge in [0.05, 0.1) is 6.54 Å². The zero-order valence-corrected chi connectivity index (χ0v) is 11.9. The van der Waals surface area contributed by atoms with Crippen molar-refractivity contribution < 1.29 is 4.79 Å². The average molecular weight is 317 g/mol. The van der Waals surface area contributed by atoms with E-state index in [0.29, 0.717) is 6.54 Å². The Hall–Kier alpha value is -1.68. The fourth-order valence-electron chi connectivity index (χ4n) is 2.35. The van der Waals surface area contributed by atoms with Gasteiger partial charge >= 0.3 is 0 Å². The zero-order chi connectivity index (χ0) is 13.2. The molecule has 1 aliphatic rings. The number of aromatic nitrogens is 1. The van der Waals surface area contributed by atoms with E-state index in [1.165, 1.54) is 5.56 Å². The van der Waals surface area contributed by atoms with Gasteiger partial charge in [-0.15, -0.1) is 0 Å². The Morgan fingerprint density at radius 1 is 1.32 bits per heavy atom. The average Bonchev–Trinajstić information content (AvgIpc) is 2.82. The lowest BCUT2D eigenvalue weighted by atomic mass is 10.1. The van der Waals surface area contributed by atoms with Crippen molar-refractivity contribution in [2.45, 2.75) is 6.42 Å². The molecule has 19 heavy (non-hydrogen) atoms. The molecule has 0 saturated carbocycles. The smallest absolute Gasteiger partial charge is 0.182 e. The van der Waals surface area contributed by atoms with Crippen molar-refractivity contribution in [2.75, 3.05) is 18.0 Å². The Labute approximate surface area is 120 Å². The lowest BCUT2D eigenvalue weighted by Gasteiger charge is -2.17. The first-order valence-electron chi connectivity index (χ1n) is 6.21. The molecule has 96 valence electrons. The Balaban J connectivity index is 1.78. The minimum atomic E-state index is 0.137. The van der Waals surface area contributed by atoms with E-state index >= 15 is 0 Å². The van der Waals surface area contributed by atoms with Crippen LogP contribution in [0.1, 0.15) is 15.9 Å². The maximum atomic E-state index is 12.2. The Kier molecular flexibility index (Phi) is 3.34. The molecule has 0 unspecified atom stereocenters. The van der Waals surface area contributed by atoms with Crippen molar-refractivity contribution in [1.82, 2.24) is 4.98 Å². The van der Waals surface area contributed by atoms with Gasteiger partial charge in [-0.25, -0.2) is 4.98 Å². The number of hydrogen-bond donors (Lipinski definition) is 0. The standard InChI is InChI=1S/C15H13BrN2O/c16-13-8-12-6-7-18(15(12)17-9-13)10-14(19)11-4-2-1-3-5-11/h1-5,8-9H,6-7,10H2. The molecule has 3 nitrogen and oxygen atoms in total. The van der Waals surface area contributed by atoms with Crippen LogP contribution in [0.15, 0.2) is 47.1 Å². The van der Waals surface area contributed by atoms with Crippen LogP contribution in [0, 0.1) is 0 Å². The van der Waals surface area contributed by atoms with Crippen LogP contribution >= 0.6 is 15.9 Å². The predicted octanol–water partition coefficient (Wildman–Crippen LogP) is 3.09. The first-order valence-corrected chi connectivity index (χ1v) is 7.01. The van der Waals surface area contributed by atoms with E-state index in [1.807, 2.05) is 30.3 Å². The maximum Gasteiger partial charge on any atom is 0.182 e. The summed E-state index contributed by atoms with van der Waals surface area (Å²) in [7, 11) is 0. The third-order valence-corrected chi connectivity index (χ3v) is 3.72. The highest BCUT2D eigenvalue weighted by Crippen LogP contribution is 2.27. The fourth-order valence-corrected chi connectivity index (χ4v) is 2.73. The van der Waals surface area contributed by atoms with Gasteiger partial charge < -0.3 is 4.90 Å². The molecule has 1 aromatic heterocycles. The maximum absolute atomic E-state index is 12.2. The third kappa shape index (κ3) is 2.54. The number of rotatable bonds is 3. The summed E-state index contributed by atoms with van der Waals surface area (Å²) in [5.41, 5.74) is 1.96.